The van der Waals surface area contributed by atoms with Crippen molar-refractivity contribution in [1.29, 1.82) is 0 Å². The van der Waals surface area contributed by atoms with Crippen molar-refractivity contribution in [2.75, 3.05) is 0 Å². The lowest BCUT2D eigenvalue weighted by atomic mass is 10.7. The number of Topliss-reactive ketones (excluding diaryl/α,β-unsaturated/α-hetero) is 1. The van der Waals surface area contributed by atoms with Gasteiger partial charge >= 0.3 is 0 Å². The second-order valence-corrected chi connectivity index (χ2v) is 1.20. The third-order valence-corrected chi connectivity index (χ3v) is 0.643. The van der Waals surface area contributed by atoms with Crippen LogP contribution in [0.15, 0.2) is 12.2 Å². The van der Waals surface area contributed by atoms with E-state index < -0.39 is 0 Å². The third-order valence-electron chi connectivity index (χ3n) is 0.643. The van der Waals surface area contributed by atoms with Gasteiger partial charge in [-0.3, -0.25) is 4.79 Å². The molecule has 0 aromatic heterocycles. The van der Waals surface area contributed by atoms with E-state index in [4.69, 9.17) is 0 Å². The van der Waals surface area contributed by atoms with Crippen molar-refractivity contribution in [2.24, 2.45) is 0 Å². The van der Waals surface area contributed by atoms with Crippen molar-refractivity contribution in [2.45, 2.75) is 6.42 Å². The molecular weight excluding hydrogens is 64.0 g/mol. The summed E-state index contributed by atoms with van der Waals surface area (Å²) in [5.74, 6) is 0.227. The number of carbonyl (C=O) groups is 1. The van der Waals surface area contributed by atoms with Crippen molar-refractivity contribution < 1.29 is 4.79 Å². The smallest absolute Gasteiger partial charge is 0.163 e. The molecule has 1 aliphatic rings. The summed E-state index contributed by atoms with van der Waals surface area (Å²) in [6.07, 6.45) is 0.639. The van der Waals surface area contributed by atoms with Gasteiger partial charge in [0, 0.05) is 6.42 Å². The molecule has 0 radical (unpaired) electrons. The maximum absolute atomic E-state index is 9.79. The summed E-state index contributed by atoms with van der Waals surface area (Å²) in [6.45, 7) is 3.40. The van der Waals surface area contributed by atoms with Gasteiger partial charge in [-0.2, -0.15) is 0 Å². The summed E-state index contributed by atoms with van der Waals surface area (Å²) < 4.78 is 0. The molecule has 0 spiro atoms. The molecule has 0 aliphatic heterocycles. The predicted molar refractivity (Wildman–Crippen MR) is 18.8 cm³/mol. The number of ketones is 1. The molecule has 0 aromatic carbocycles. The molecule has 26 valence electrons. The zero-order valence-electron chi connectivity index (χ0n) is 2.82. The molecule has 1 rings (SSSR count). The van der Waals surface area contributed by atoms with Crippen LogP contribution in [0.1, 0.15) is 6.42 Å². The zero-order chi connectivity index (χ0) is 3.86. The molecule has 0 heterocycles. The molecule has 5 heavy (non-hydrogen) atoms. The van der Waals surface area contributed by atoms with E-state index in [0.717, 1.165) is 5.57 Å². The van der Waals surface area contributed by atoms with Gasteiger partial charge in [0.1, 0.15) is 0 Å². The first kappa shape index (κ1) is 2.64. The zero-order valence-corrected chi connectivity index (χ0v) is 2.82. The average molecular weight is 68.1 g/mol. The van der Waals surface area contributed by atoms with Gasteiger partial charge in [0.25, 0.3) is 0 Å². The molecule has 1 saturated carbocycles. The van der Waals surface area contributed by atoms with Crippen LogP contribution in [-0.2, 0) is 4.79 Å². The minimum atomic E-state index is 0.227. The Bertz CT molecular complexity index is 79.8. The Morgan fingerprint density at radius 1 is 1.80 bits per heavy atom. The fraction of sp³-hybridized carbons (Fsp3) is 0.250. The molecule has 0 atom stereocenters. The van der Waals surface area contributed by atoms with Gasteiger partial charge in [0.05, 0.1) is 0 Å². The van der Waals surface area contributed by atoms with Gasteiger partial charge in [-0.05, 0) is 5.57 Å². The first-order valence-electron chi connectivity index (χ1n) is 1.51. The predicted octanol–water partition coefficient (Wildman–Crippen LogP) is 0.515. The second kappa shape index (κ2) is 0.482. The summed E-state index contributed by atoms with van der Waals surface area (Å²) in [4.78, 5) is 9.79. The maximum atomic E-state index is 9.79. The van der Waals surface area contributed by atoms with Crippen LogP contribution in [0.4, 0.5) is 0 Å². The summed E-state index contributed by atoms with van der Waals surface area (Å²) in [7, 11) is 0. The Hall–Kier alpha value is -0.590. The van der Waals surface area contributed by atoms with E-state index in [1.807, 2.05) is 0 Å². The average Bonchev–Trinajstić information content (AvgIpc) is 1.79. The number of carbonyl (C=O) groups excluding carboxylic acids is 1. The normalized spacial score (nSPS) is 20.0. The largest absolute Gasteiger partial charge is 0.294 e. The third kappa shape index (κ3) is 0.232. The monoisotopic (exact) mass is 68.0 g/mol. The fourth-order valence-electron chi connectivity index (χ4n) is 0.150. The Labute approximate surface area is 30.3 Å². The van der Waals surface area contributed by atoms with Crippen LogP contribution in [0.3, 0.4) is 0 Å². The Balaban J connectivity index is 2.81. The maximum Gasteiger partial charge on any atom is 0.163 e. The first-order valence-corrected chi connectivity index (χ1v) is 1.51. The molecule has 0 N–H and O–H groups in total. The van der Waals surface area contributed by atoms with Crippen molar-refractivity contribution in [1.82, 2.24) is 0 Å². The van der Waals surface area contributed by atoms with Gasteiger partial charge < -0.3 is 0 Å². The quantitative estimate of drug-likeness (QED) is 0.378. The van der Waals surface area contributed by atoms with Gasteiger partial charge in [-0.1, -0.05) is 6.58 Å². The van der Waals surface area contributed by atoms with Crippen LogP contribution in [0, 0.1) is 0 Å². The summed E-state index contributed by atoms with van der Waals surface area (Å²) in [5, 5.41) is 0. The molecule has 0 bridgehead atoms. The second-order valence-electron chi connectivity index (χ2n) is 1.20. The highest BCUT2D eigenvalue weighted by Gasteiger charge is 2.21. The summed E-state index contributed by atoms with van der Waals surface area (Å²) >= 11 is 0. The van der Waals surface area contributed by atoms with E-state index in [0.29, 0.717) is 6.42 Å². The highest BCUT2D eigenvalue weighted by molar-refractivity contribution is 6.12. The van der Waals surface area contributed by atoms with Crippen molar-refractivity contribution in [3.05, 3.63) is 12.2 Å². The molecule has 1 heteroatoms. The van der Waals surface area contributed by atoms with Gasteiger partial charge in [0.2, 0.25) is 0 Å². The number of allylic oxidation sites excluding steroid dienone is 1. The topological polar surface area (TPSA) is 17.1 Å². The molecule has 1 nitrogen and oxygen atoms in total. The van der Waals surface area contributed by atoms with Gasteiger partial charge in [-0.15, -0.1) is 0 Å². The number of rotatable bonds is 0. The lowest BCUT2D eigenvalue weighted by Crippen LogP contribution is -1.48. The highest BCUT2D eigenvalue weighted by atomic mass is 16.1. The number of hydrogen-bond acceptors (Lipinski definition) is 1. The number of hydrogen-bond donors (Lipinski definition) is 0. The lowest BCUT2D eigenvalue weighted by Gasteiger charge is -1.36. The highest BCUT2D eigenvalue weighted by Crippen LogP contribution is 2.17. The van der Waals surface area contributed by atoms with Crippen LogP contribution in [0.25, 0.3) is 0 Å². The van der Waals surface area contributed by atoms with E-state index in [9.17, 15) is 4.79 Å². The van der Waals surface area contributed by atoms with Gasteiger partial charge in [0.15, 0.2) is 5.78 Å². The summed E-state index contributed by atoms with van der Waals surface area (Å²) in [6, 6.07) is 0. The van der Waals surface area contributed by atoms with E-state index in [1.165, 1.54) is 0 Å². The molecular formula is C4H4O. The Morgan fingerprint density at radius 3 is 2.00 bits per heavy atom. The van der Waals surface area contributed by atoms with Crippen LogP contribution in [-0.4, -0.2) is 5.78 Å². The first-order chi connectivity index (χ1) is 2.30. The Kier molecular flexibility index (Phi) is 0.254. The molecule has 1 fully saturated rings. The van der Waals surface area contributed by atoms with Crippen molar-refractivity contribution >= 4 is 5.78 Å². The van der Waals surface area contributed by atoms with E-state index >= 15 is 0 Å². The lowest BCUT2D eigenvalue weighted by molar-refractivity contribution is -0.108. The molecule has 0 aromatic rings. The van der Waals surface area contributed by atoms with Crippen molar-refractivity contribution in [3.8, 4) is 0 Å². The Morgan fingerprint density at radius 2 is 2.00 bits per heavy atom. The molecule has 0 amide bonds. The van der Waals surface area contributed by atoms with Crippen LogP contribution < -0.4 is 0 Å². The summed E-state index contributed by atoms with van der Waals surface area (Å²) in [5.41, 5.74) is 0.782. The van der Waals surface area contributed by atoms with E-state index in [-0.39, 0.29) is 5.78 Å². The van der Waals surface area contributed by atoms with Crippen molar-refractivity contribution in [3.63, 3.8) is 0 Å². The van der Waals surface area contributed by atoms with Crippen LogP contribution in [0.5, 0.6) is 0 Å². The minimum absolute atomic E-state index is 0.227. The molecule has 0 saturated heterocycles. The SMILES string of the molecule is C=C1CC1=O. The van der Waals surface area contributed by atoms with Gasteiger partial charge in [-0.25, -0.2) is 0 Å². The fourth-order valence-corrected chi connectivity index (χ4v) is 0.150. The van der Waals surface area contributed by atoms with Crippen LogP contribution >= 0.6 is 0 Å². The minimum Gasteiger partial charge on any atom is -0.294 e. The standard InChI is InChI=1S/C4H4O/c1-3-2-4(3)5/h1-2H2. The van der Waals surface area contributed by atoms with E-state index in [1.54, 1.807) is 0 Å². The molecule has 1 aliphatic carbocycles. The van der Waals surface area contributed by atoms with E-state index in [2.05, 4.69) is 6.58 Å². The molecule has 0 unspecified atom stereocenters. The van der Waals surface area contributed by atoms with Crippen LogP contribution in [0.2, 0.25) is 0 Å².